The van der Waals surface area contributed by atoms with E-state index in [-0.39, 0.29) is 36.0 Å². The Kier molecular flexibility index (Phi) is 9.08. The summed E-state index contributed by atoms with van der Waals surface area (Å²) in [6.07, 6.45) is 7.57. The van der Waals surface area contributed by atoms with E-state index in [1.165, 1.54) is 0 Å². The number of aromatic nitrogens is 1. The number of nitrogens with one attached hydrogen (secondary N) is 1. The van der Waals surface area contributed by atoms with Crippen LogP contribution >= 0.6 is 11.6 Å². The summed E-state index contributed by atoms with van der Waals surface area (Å²) in [6.45, 7) is 2.81. The van der Waals surface area contributed by atoms with Crippen molar-refractivity contribution in [3.8, 4) is 11.8 Å². The van der Waals surface area contributed by atoms with Crippen LogP contribution in [0.1, 0.15) is 67.3 Å². The van der Waals surface area contributed by atoms with Gasteiger partial charge in [0.05, 0.1) is 28.4 Å². The minimum absolute atomic E-state index is 0.0268. The topological polar surface area (TPSA) is 119 Å². The number of piperidine rings is 2. The van der Waals surface area contributed by atoms with Gasteiger partial charge in [-0.2, -0.15) is 5.26 Å². The van der Waals surface area contributed by atoms with Gasteiger partial charge in [0.15, 0.2) is 0 Å². The first-order chi connectivity index (χ1) is 19.4. The zero-order valence-electron chi connectivity index (χ0n) is 22.6. The van der Waals surface area contributed by atoms with E-state index in [0.717, 1.165) is 57.4 Å². The van der Waals surface area contributed by atoms with Crippen molar-refractivity contribution in [2.75, 3.05) is 31.1 Å². The third kappa shape index (κ3) is 6.86. The molecular formula is C30H36ClN5O4. The van der Waals surface area contributed by atoms with Gasteiger partial charge in [-0.15, -0.1) is 0 Å². The molecule has 5 rings (SSSR count). The van der Waals surface area contributed by atoms with Crippen molar-refractivity contribution in [2.45, 2.75) is 69.6 Å². The Morgan fingerprint density at radius 1 is 1.00 bits per heavy atom. The number of hydrogen-bond acceptors (Lipinski definition) is 7. The smallest absolute Gasteiger partial charge is 0.253 e. The Hall–Kier alpha value is -3.35. The lowest BCUT2D eigenvalue weighted by Crippen LogP contribution is -2.46. The molecule has 212 valence electrons. The summed E-state index contributed by atoms with van der Waals surface area (Å²) in [5, 5.41) is 22.2. The number of amides is 2. The molecule has 1 aliphatic carbocycles. The Morgan fingerprint density at radius 3 is 2.35 bits per heavy atom. The Labute approximate surface area is 240 Å². The van der Waals surface area contributed by atoms with Crippen LogP contribution in [0.3, 0.4) is 0 Å². The fourth-order valence-electron chi connectivity index (χ4n) is 5.85. The van der Waals surface area contributed by atoms with Gasteiger partial charge in [0.1, 0.15) is 17.6 Å². The maximum absolute atomic E-state index is 12.9. The number of carbonyl (C=O) groups is 2. The van der Waals surface area contributed by atoms with Crippen LogP contribution in [0, 0.1) is 17.2 Å². The molecule has 3 fully saturated rings. The highest BCUT2D eigenvalue weighted by Crippen LogP contribution is 2.28. The molecular weight excluding hydrogens is 530 g/mol. The minimum Gasteiger partial charge on any atom is -0.490 e. The SMILES string of the molecule is N#Cc1ccc(OC2CCC(NC(=O)c3ccc(N4CCC(C(=O)N5CCC(O)CC5)CC4)nc3)CC2)cc1Cl. The number of halogens is 1. The van der Waals surface area contributed by atoms with Gasteiger partial charge >= 0.3 is 0 Å². The normalized spacial score (nSPS) is 22.4. The summed E-state index contributed by atoms with van der Waals surface area (Å²) in [5.74, 6) is 1.59. The third-order valence-electron chi connectivity index (χ3n) is 8.33. The molecule has 10 heteroatoms. The second kappa shape index (κ2) is 12.9. The quantitative estimate of drug-likeness (QED) is 0.545. The van der Waals surface area contributed by atoms with E-state index >= 15 is 0 Å². The summed E-state index contributed by atoms with van der Waals surface area (Å²) < 4.78 is 6.05. The molecule has 2 saturated heterocycles. The van der Waals surface area contributed by atoms with E-state index in [2.05, 4.69) is 15.2 Å². The predicted octanol–water partition coefficient (Wildman–Crippen LogP) is 3.93. The van der Waals surface area contributed by atoms with Gasteiger partial charge in [-0.1, -0.05) is 11.6 Å². The molecule has 0 spiro atoms. The van der Waals surface area contributed by atoms with Gasteiger partial charge in [0.25, 0.3) is 5.91 Å². The van der Waals surface area contributed by atoms with E-state index in [9.17, 15) is 14.7 Å². The number of nitrogens with zero attached hydrogens (tertiary/aromatic N) is 4. The Balaban J connectivity index is 1.05. The molecule has 0 unspecified atom stereocenters. The van der Waals surface area contributed by atoms with Gasteiger partial charge in [-0.05, 0) is 75.6 Å². The van der Waals surface area contributed by atoms with E-state index in [4.69, 9.17) is 21.6 Å². The van der Waals surface area contributed by atoms with E-state index in [1.807, 2.05) is 23.1 Å². The van der Waals surface area contributed by atoms with Crippen molar-refractivity contribution >= 4 is 29.2 Å². The van der Waals surface area contributed by atoms with Crippen LogP contribution in [0.4, 0.5) is 5.82 Å². The van der Waals surface area contributed by atoms with Crippen molar-refractivity contribution < 1.29 is 19.4 Å². The summed E-state index contributed by atoms with van der Waals surface area (Å²) in [6, 6.07) is 10.9. The first-order valence-electron chi connectivity index (χ1n) is 14.2. The van der Waals surface area contributed by atoms with Gasteiger partial charge in [0.2, 0.25) is 5.91 Å². The number of carbonyl (C=O) groups excluding carboxylic acids is 2. The maximum Gasteiger partial charge on any atom is 0.253 e. The number of nitriles is 1. The second-order valence-corrected chi connectivity index (χ2v) is 11.4. The summed E-state index contributed by atoms with van der Waals surface area (Å²) in [4.78, 5) is 34.4. The standard InChI is InChI=1S/C30H36ClN5O4/c31-27-17-26(5-1-21(27)18-32)40-25-6-3-23(4-7-25)34-29(38)22-2-8-28(33-19-22)35-13-9-20(10-14-35)30(39)36-15-11-24(37)12-16-36/h1-2,5,8,17,19-20,23-25,37H,3-4,6-7,9-16H2,(H,34,38). The summed E-state index contributed by atoms with van der Waals surface area (Å²) in [7, 11) is 0. The first kappa shape index (κ1) is 28.2. The molecule has 1 saturated carbocycles. The molecule has 2 amide bonds. The number of aliphatic hydroxyl groups is 1. The average Bonchev–Trinajstić information content (AvgIpc) is 2.98. The largest absolute Gasteiger partial charge is 0.490 e. The van der Waals surface area contributed by atoms with Crippen molar-refractivity contribution in [1.82, 2.24) is 15.2 Å². The van der Waals surface area contributed by atoms with Gasteiger partial charge in [-0.3, -0.25) is 9.59 Å². The van der Waals surface area contributed by atoms with Crippen LogP contribution in [0.15, 0.2) is 36.5 Å². The average molecular weight is 566 g/mol. The third-order valence-corrected chi connectivity index (χ3v) is 8.64. The molecule has 9 nitrogen and oxygen atoms in total. The summed E-state index contributed by atoms with van der Waals surface area (Å²) >= 11 is 6.11. The highest BCUT2D eigenvalue weighted by molar-refractivity contribution is 6.31. The fourth-order valence-corrected chi connectivity index (χ4v) is 6.07. The second-order valence-electron chi connectivity index (χ2n) is 11.0. The number of likely N-dealkylation sites (tertiary alicyclic amines) is 1. The molecule has 40 heavy (non-hydrogen) atoms. The summed E-state index contributed by atoms with van der Waals surface area (Å²) in [5.41, 5.74) is 0.960. The lowest BCUT2D eigenvalue weighted by Gasteiger charge is -2.36. The molecule has 3 heterocycles. The van der Waals surface area contributed by atoms with Crippen LogP contribution in [0.2, 0.25) is 5.02 Å². The first-order valence-corrected chi connectivity index (χ1v) is 14.6. The number of pyridine rings is 1. The van der Waals surface area contributed by atoms with Crippen LogP contribution in [-0.2, 0) is 4.79 Å². The monoisotopic (exact) mass is 565 g/mol. The maximum atomic E-state index is 12.9. The predicted molar refractivity (Wildman–Crippen MR) is 151 cm³/mol. The minimum atomic E-state index is -0.279. The lowest BCUT2D eigenvalue weighted by molar-refractivity contribution is -0.138. The van der Waals surface area contributed by atoms with Crippen molar-refractivity contribution in [2.24, 2.45) is 5.92 Å². The number of aliphatic hydroxyl groups excluding tert-OH is 1. The van der Waals surface area contributed by atoms with Crippen molar-refractivity contribution in [3.05, 3.63) is 52.7 Å². The number of rotatable bonds is 6. The van der Waals surface area contributed by atoms with E-state index in [1.54, 1.807) is 24.4 Å². The number of hydrogen-bond donors (Lipinski definition) is 2. The molecule has 2 aromatic rings. The molecule has 2 aliphatic heterocycles. The molecule has 0 bridgehead atoms. The van der Waals surface area contributed by atoms with Crippen LogP contribution in [-0.4, -0.2) is 71.2 Å². The Morgan fingerprint density at radius 2 is 1.73 bits per heavy atom. The molecule has 1 aromatic carbocycles. The van der Waals surface area contributed by atoms with Crippen LogP contribution in [0.25, 0.3) is 0 Å². The number of benzene rings is 1. The molecule has 0 radical (unpaired) electrons. The van der Waals surface area contributed by atoms with Gasteiger partial charge in [-0.25, -0.2) is 4.98 Å². The van der Waals surface area contributed by atoms with Gasteiger partial charge < -0.3 is 25.0 Å². The molecule has 2 N–H and O–H groups in total. The van der Waals surface area contributed by atoms with Crippen LogP contribution < -0.4 is 15.0 Å². The Bertz CT molecular complexity index is 1230. The van der Waals surface area contributed by atoms with Crippen molar-refractivity contribution in [3.63, 3.8) is 0 Å². The highest BCUT2D eigenvalue weighted by Gasteiger charge is 2.31. The van der Waals surface area contributed by atoms with E-state index in [0.29, 0.717) is 47.8 Å². The van der Waals surface area contributed by atoms with Crippen LogP contribution in [0.5, 0.6) is 5.75 Å². The van der Waals surface area contributed by atoms with E-state index < -0.39 is 0 Å². The highest BCUT2D eigenvalue weighted by atomic mass is 35.5. The number of ether oxygens (including phenoxy) is 1. The lowest BCUT2D eigenvalue weighted by atomic mass is 9.92. The zero-order chi connectivity index (χ0) is 28.1. The fraction of sp³-hybridized carbons (Fsp3) is 0.533. The number of anilines is 1. The molecule has 3 aliphatic rings. The van der Waals surface area contributed by atoms with Gasteiger partial charge in [0, 0.05) is 50.4 Å². The van der Waals surface area contributed by atoms with Crippen molar-refractivity contribution in [1.29, 1.82) is 5.26 Å². The molecule has 1 aromatic heterocycles. The zero-order valence-corrected chi connectivity index (χ0v) is 23.4. The molecule has 0 atom stereocenters.